The third-order valence-electron chi connectivity index (χ3n) is 2.32. The van der Waals surface area contributed by atoms with Crippen LogP contribution in [0.1, 0.15) is 41.5 Å². The third-order valence-corrected chi connectivity index (χ3v) is 6.18. The molecule has 0 N–H and O–H groups in total. The van der Waals surface area contributed by atoms with Gasteiger partial charge in [-0.3, -0.25) is 0 Å². The van der Waals surface area contributed by atoms with Gasteiger partial charge < -0.3 is 0 Å². The van der Waals surface area contributed by atoms with E-state index in [1.165, 1.54) is 10.6 Å². The Morgan fingerprint density at radius 3 is 1.57 bits per heavy atom. The van der Waals surface area contributed by atoms with Crippen LogP contribution in [0, 0.1) is 17.8 Å². The number of rotatable bonds is 6. The van der Waals surface area contributed by atoms with Gasteiger partial charge in [0, 0.05) is 0 Å². The van der Waals surface area contributed by atoms with Crippen molar-refractivity contribution in [1.82, 2.24) is 0 Å². The second-order valence-electron chi connectivity index (χ2n) is 5.65. The van der Waals surface area contributed by atoms with Gasteiger partial charge in [0.15, 0.2) is 0 Å². The Bertz CT molecular complexity index is 147. The molecule has 14 heavy (non-hydrogen) atoms. The third kappa shape index (κ3) is 8.85. The summed E-state index contributed by atoms with van der Waals surface area (Å²) in [6, 6.07) is 0. The van der Waals surface area contributed by atoms with Gasteiger partial charge in [0.25, 0.3) is 14.1 Å². The minimum absolute atomic E-state index is 0.586. The molecule has 0 heterocycles. The largest absolute Gasteiger partial charge is 0.294 e. The van der Waals surface area contributed by atoms with Crippen molar-refractivity contribution in [3.05, 3.63) is 11.0 Å². The van der Waals surface area contributed by atoms with Gasteiger partial charge in [-0.2, -0.15) is 0 Å². The van der Waals surface area contributed by atoms with E-state index in [0.717, 1.165) is 17.8 Å². The normalized spacial score (nSPS) is 12.4. The van der Waals surface area contributed by atoms with Crippen molar-refractivity contribution in [2.75, 3.05) is 0 Å². The molecule has 0 aliphatic rings. The van der Waals surface area contributed by atoms with Crippen molar-refractivity contribution in [2.24, 2.45) is 17.8 Å². The van der Waals surface area contributed by atoms with Gasteiger partial charge in [-0.05, 0) is 5.92 Å². The van der Waals surface area contributed by atoms with Crippen LogP contribution in [0.3, 0.4) is 0 Å². The Labute approximate surface area is 95.2 Å². The second kappa shape index (κ2) is 7.55. The van der Waals surface area contributed by atoms with Gasteiger partial charge in [-0.25, -0.2) is 0 Å². The molecule has 0 aromatic heterocycles. The molecule has 0 aliphatic carbocycles. The zero-order valence-electron chi connectivity index (χ0n) is 10.9. The van der Waals surface area contributed by atoms with Crippen molar-refractivity contribution in [1.29, 1.82) is 0 Å². The van der Waals surface area contributed by atoms with Crippen LogP contribution in [0.2, 0.25) is 10.6 Å². The summed E-state index contributed by atoms with van der Waals surface area (Å²) in [5.41, 5.74) is 0. The molecule has 0 rings (SSSR count). The van der Waals surface area contributed by atoms with Crippen LogP contribution < -0.4 is 0 Å². The minimum Gasteiger partial charge on any atom is -0.148 e. The highest BCUT2D eigenvalue weighted by Gasteiger charge is 2.16. The first-order valence-electron chi connectivity index (χ1n) is 6.10. The molecular formula is C13H27Al. The summed E-state index contributed by atoms with van der Waals surface area (Å²) in [6.07, 6.45) is 2.42. The van der Waals surface area contributed by atoms with Gasteiger partial charge in [-0.1, -0.05) is 63.9 Å². The molecule has 0 atom stereocenters. The monoisotopic (exact) mass is 210 g/mol. The summed E-state index contributed by atoms with van der Waals surface area (Å²) >= 11 is -0.586. The molecule has 0 amide bonds. The van der Waals surface area contributed by atoms with Gasteiger partial charge >= 0.3 is 0 Å². The van der Waals surface area contributed by atoms with Gasteiger partial charge in [0.1, 0.15) is 0 Å². The standard InChI is InChI=1S/C5H9.2C4H9.Al/c1-4-5(2)3;2*1-4(2)3;/h1,4-5H,2-3H3;2*4H,1H2,2-3H3;. The van der Waals surface area contributed by atoms with Crippen LogP contribution >= 0.6 is 0 Å². The summed E-state index contributed by atoms with van der Waals surface area (Å²) in [6.45, 7) is 13.9. The van der Waals surface area contributed by atoms with Crippen LogP contribution in [0.4, 0.5) is 0 Å². The molecule has 0 unspecified atom stereocenters. The minimum atomic E-state index is -0.586. The Morgan fingerprint density at radius 1 is 0.857 bits per heavy atom. The maximum Gasteiger partial charge on any atom is 0.294 e. The average molecular weight is 210 g/mol. The number of hydrogen-bond acceptors (Lipinski definition) is 0. The van der Waals surface area contributed by atoms with E-state index < -0.39 is 14.1 Å². The molecule has 0 bridgehead atoms. The van der Waals surface area contributed by atoms with Crippen LogP contribution in [0.15, 0.2) is 11.0 Å². The lowest BCUT2D eigenvalue weighted by Crippen LogP contribution is -2.15. The summed E-state index contributed by atoms with van der Waals surface area (Å²) in [5, 5.41) is 2.95. The lowest BCUT2D eigenvalue weighted by molar-refractivity contribution is 0.693. The molecule has 0 saturated heterocycles. The van der Waals surface area contributed by atoms with E-state index in [9.17, 15) is 0 Å². The highest BCUT2D eigenvalue weighted by Crippen LogP contribution is 2.16. The van der Waals surface area contributed by atoms with Crippen LogP contribution in [0.25, 0.3) is 0 Å². The molecule has 0 aromatic rings. The first-order chi connectivity index (χ1) is 6.41. The molecular weight excluding hydrogens is 183 g/mol. The van der Waals surface area contributed by atoms with Crippen molar-refractivity contribution in [3.63, 3.8) is 0 Å². The number of hydrogen-bond donors (Lipinski definition) is 0. The van der Waals surface area contributed by atoms with Gasteiger partial charge in [0.05, 0.1) is 0 Å². The lowest BCUT2D eigenvalue weighted by Gasteiger charge is -2.13. The molecule has 0 fully saturated rings. The highest BCUT2D eigenvalue weighted by molar-refractivity contribution is 6.64. The molecule has 0 nitrogen and oxygen atoms in total. The van der Waals surface area contributed by atoms with E-state index in [-0.39, 0.29) is 0 Å². The van der Waals surface area contributed by atoms with E-state index in [2.05, 4.69) is 52.6 Å². The maximum atomic E-state index is 2.57. The SMILES string of the molecule is CC(C)/C=[CH]/[Al]([CH2]C(C)C)[CH2]C(C)C. The number of allylic oxidation sites excluding steroid dienone is 1. The smallest absolute Gasteiger partial charge is 0.148 e. The topological polar surface area (TPSA) is 0 Å². The second-order valence-corrected chi connectivity index (χ2v) is 8.50. The molecule has 0 saturated carbocycles. The van der Waals surface area contributed by atoms with Crippen LogP contribution in [-0.2, 0) is 0 Å². The van der Waals surface area contributed by atoms with Crippen molar-refractivity contribution in [2.45, 2.75) is 52.1 Å². The fraction of sp³-hybridized carbons (Fsp3) is 0.846. The maximum absolute atomic E-state index is 2.57. The van der Waals surface area contributed by atoms with Gasteiger partial charge in [-0.15, -0.1) is 11.0 Å². The predicted molar refractivity (Wildman–Crippen MR) is 69.0 cm³/mol. The zero-order valence-corrected chi connectivity index (χ0v) is 12.0. The molecule has 0 spiro atoms. The fourth-order valence-corrected chi connectivity index (χ4v) is 5.53. The van der Waals surface area contributed by atoms with Crippen molar-refractivity contribution < 1.29 is 0 Å². The highest BCUT2D eigenvalue weighted by atomic mass is 27.2. The predicted octanol–water partition coefficient (Wildman–Crippen LogP) is 4.54. The Balaban J connectivity index is 4.10. The van der Waals surface area contributed by atoms with E-state index in [1.54, 1.807) is 0 Å². The Kier molecular flexibility index (Phi) is 7.70. The average Bonchev–Trinajstić information content (AvgIpc) is 1.97. The first-order valence-corrected chi connectivity index (χ1v) is 8.40. The first kappa shape index (κ1) is 14.3. The summed E-state index contributed by atoms with van der Waals surface area (Å²) < 4.78 is 0. The Hall–Kier alpha value is 0.272. The summed E-state index contributed by atoms with van der Waals surface area (Å²) in [5.74, 6) is 2.48. The lowest BCUT2D eigenvalue weighted by atomic mass is 10.2. The van der Waals surface area contributed by atoms with E-state index in [1.807, 2.05) is 0 Å². The fourth-order valence-electron chi connectivity index (χ4n) is 1.84. The van der Waals surface area contributed by atoms with Crippen LogP contribution in [0.5, 0.6) is 0 Å². The molecule has 1 heteroatoms. The molecule has 82 valence electrons. The van der Waals surface area contributed by atoms with E-state index >= 15 is 0 Å². The Morgan fingerprint density at radius 2 is 1.29 bits per heavy atom. The quantitative estimate of drug-likeness (QED) is 0.564. The van der Waals surface area contributed by atoms with E-state index in [0.29, 0.717) is 0 Å². The van der Waals surface area contributed by atoms with E-state index in [4.69, 9.17) is 0 Å². The molecule has 0 radical (unpaired) electrons. The van der Waals surface area contributed by atoms with Crippen molar-refractivity contribution >= 4 is 14.1 Å². The summed E-state index contributed by atoms with van der Waals surface area (Å²) in [7, 11) is 0. The zero-order chi connectivity index (χ0) is 11.1. The summed E-state index contributed by atoms with van der Waals surface area (Å²) in [4.78, 5) is 2.57. The van der Waals surface area contributed by atoms with Crippen molar-refractivity contribution in [3.8, 4) is 0 Å². The molecule has 0 aliphatic heterocycles. The van der Waals surface area contributed by atoms with Crippen LogP contribution in [-0.4, -0.2) is 14.1 Å². The molecule has 0 aromatic carbocycles. The van der Waals surface area contributed by atoms with Gasteiger partial charge in [0.2, 0.25) is 0 Å².